The maximum Gasteiger partial charge on any atom is 0.306 e. The molecule has 70 valence electrons. The SMILES string of the molecule is O=C(O)C1CCc2nccn2CC1. The molecule has 13 heavy (non-hydrogen) atoms. The van der Waals surface area contributed by atoms with Gasteiger partial charge in [-0.3, -0.25) is 4.79 Å². The van der Waals surface area contributed by atoms with Crippen molar-refractivity contribution in [3.63, 3.8) is 0 Å². The van der Waals surface area contributed by atoms with Gasteiger partial charge in [-0.25, -0.2) is 4.98 Å². The number of rotatable bonds is 1. The third-order valence-electron chi connectivity index (χ3n) is 2.59. The third kappa shape index (κ3) is 1.56. The maximum absolute atomic E-state index is 10.8. The molecule has 0 aromatic carbocycles. The standard InChI is InChI=1S/C9H12N2O2/c12-9(13)7-1-2-8-10-4-6-11(8)5-3-7/h4,6-7H,1-3,5H2,(H,12,13). The van der Waals surface area contributed by atoms with E-state index < -0.39 is 5.97 Å². The molecule has 0 spiro atoms. The molecule has 1 aliphatic heterocycles. The van der Waals surface area contributed by atoms with Gasteiger partial charge < -0.3 is 9.67 Å². The van der Waals surface area contributed by atoms with Crippen molar-refractivity contribution in [3.8, 4) is 0 Å². The summed E-state index contributed by atoms with van der Waals surface area (Å²) in [6, 6.07) is 0. The fourth-order valence-electron chi connectivity index (χ4n) is 1.76. The highest BCUT2D eigenvalue weighted by molar-refractivity contribution is 5.69. The van der Waals surface area contributed by atoms with E-state index in [2.05, 4.69) is 4.98 Å². The molecule has 2 rings (SSSR count). The van der Waals surface area contributed by atoms with Crippen LogP contribution in [0.4, 0.5) is 0 Å². The van der Waals surface area contributed by atoms with Crippen LogP contribution in [0.5, 0.6) is 0 Å². The van der Waals surface area contributed by atoms with Crippen LogP contribution in [-0.4, -0.2) is 20.6 Å². The second-order valence-electron chi connectivity index (χ2n) is 3.40. The van der Waals surface area contributed by atoms with Gasteiger partial charge in [0.15, 0.2) is 0 Å². The van der Waals surface area contributed by atoms with Crippen molar-refractivity contribution in [1.29, 1.82) is 0 Å². The van der Waals surface area contributed by atoms with E-state index in [4.69, 9.17) is 5.11 Å². The summed E-state index contributed by atoms with van der Waals surface area (Å²) in [7, 11) is 0. The Morgan fingerprint density at radius 2 is 2.46 bits per heavy atom. The van der Waals surface area contributed by atoms with E-state index in [1.54, 1.807) is 6.20 Å². The van der Waals surface area contributed by atoms with Gasteiger partial charge in [-0.2, -0.15) is 0 Å². The predicted molar refractivity (Wildman–Crippen MR) is 46.3 cm³/mol. The fourth-order valence-corrected chi connectivity index (χ4v) is 1.76. The highest BCUT2D eigenvalue weighted by atomic mass is 16.4. The van der Waals surface area contributed by atoms with Crippen molar-refractivity contribution in [1.82, 2.24) is 9.55 Å². The van der Waals surface area contributed by atoms with Crippen LogP contribution < -0.4 is 0 Å². The Bertz CT molecular complexity index is 297. The Morgan fingerprint density at radius 3 is 3.23 bits per heavy atom. The first-order chi connectivity index (χ1) is 6.27. The number of carboxylic acids is 1. The van der Waals surface area contributed by atoms with Crippen LogP contribution in [0.1, 0.15) is 18.7 Å². The molecule has 4 nitrogen and oxygen atoms in total. The average Bonchev–Trinajstić information content (AvgIpc) is 2.44. The van der Waals surface area contributed by atoms with E-state index in [-0.39, 0.29) is 5.92 Å². The first kappa shape index (κ1) is 8.29. The second kappa shape index (κ2) is 3.20. The summed E-state index contributed by atoms with van der Waals surface area (Å²) in [6.45, 7) is 0.784. The Balaban J connectivity index is 2.12. The topological polar surface area (TPSA) is 55.1 Å². The molecule has 1 N–H and O–H groups in total. The number of aryl methyl sites for hydroxylation is 2. The van der Waals surface area contributed by atoms with Gasteiger partial charge in [-0.05, 0) is 12.8 Å². The first-order valence-corrected chi connectivity index (χ1v) is 4.50. The zero-order chi connectivity index (χ0) is 9.26. The minimum atomic E-state index is -0.675. The van der Waals surface area contributed by atoms with Crippen molar-refractivity contribution >= 4 is 5.97 Å². The number of nitrogens with zero attached hydrogens (tertiary/aromatic N) is 2. The van der Waals surface area contributed by atoms with Crippen LogP contribution >= 0.6 is 0 Å². The van der Waals surface area contributed by atoms with Gasteiger partial charge in [0.1, 0.15) is 5.82 Å². The normalized spacial score (nSPS) is 22.0. The van der Waals surface area contributed by atoms with Crippen LogP contribution in [0, 0.1) is 5.92 Å². The molecule has 4 heteroatoms. The monoisotopic (exact) mass is 180 g/mol. The smallest absolute Gasteiger partial charge is 0.306 e. The summed E-state index contributed by atoms with van der Waals surface area (Å²) in [5.41, 5.74) is 0. The van der Waals surface area contributed by atoms with Crippen LogP contribution in [-0.2, 0) is 17.8 Å². The quantitative estimate of drug-likeness (QED) is 0.699. The molecule has 0 saturated carbocycles. The highest BCUT2D eigenvalue weighted by Crippen LogP contribution is 2.18. The molecule has 0 bridgehead atoms. The molecule has 1 aliphatic rings. The maximum atomic E-state index is 10.8. The lowest BCUT2D eigenvalue weighted by Gasteiger charge is -2.06. The zero-order valence-electron chi connectivity index (χ0n) is 7.31. The molecule has 1 atom stereocenters. The summed E-state index contributed by atoms with van der Waals surface area (Å²) in [4.78, 5) is 14.9. The van der Waals surface area contributed by atoms with Crippen molar-refractivity contribution in [3.05, 3.63) is 18.2 Å². The zero-order valence-corrected chi connectivity index (χ0v) is 7.31. The number of hydrogen-bond donors (Lipinski definition) is 1. The van der Waals surface area contributed by atoms with Crippen molar-refractivity contribution in [2.45, 2.75) is 25.8 Å². The van der Waals surface area contributed by atoms with Gasteiger partial charge in [-0.1, -0.05) is 0 Å². The number of hydrogen-bond acceptors (Lipinski definition) is 2. The predicted octanol–water partition coefficient (Wildman–Crippen LogP) is 0.920. The van der Waals surface area contributed by atoms with Crippen molar-refractivity contribution < 1.29 is 9.90 Å². The van der Waals surface area contributed by atoms with Gasteiger partial charge in [0.05, 0.1) is 5.92 Å². The Labute approximate surface area is 76.2 Å². The van der Waals surface area contributed by atoms with Crippen LogP contribution in [0.2, 0.25) is 0 Å². The van der Waals surface area contributed by atoms with E-state index in [9.17, 15) is 4.79 Å². The van der Waals surface area contributed by atoms with E-state index in [1.165, 1.54) is 0 Å². The van der Waals surface area contributed by atoms with E-state index >= 15 is 0 Å². The second-order valence-corrected chi connectivity index (χ2v) is 3.40. The summed E-state index contributed by atoms with van der Waals surface area (Å²) in [6.07, 6.45) is 5.91. The number of carbonyl (C=O) groups is 1. The molecular formula is C9H12N2O2. The number of carboxylic acid groups (broad SMARTS) is 1. The molecule has 2 heterocycles. The van der Waals surface area contributed by atoms with Crippen molar-refractivity contribution in [2.24, 2.45) is 5.92 Å². The van der Waals surface area contributed by atoms with Gasteiger partial charge >= 0.3 is 5.97 Å². The fraction of sp³-hybridized carbons (Fsp3) is 0.556. The summed E-state index contributed by atoms with van der Waals surface area (Å²) >= 11 is 0. The molecule has 1 aromatic rings. The molecule has 0 aliphatic carbocycles. The van der Waals surface area contributed by atoms with Crippen molar-refractivity contribution in [2.75, 3.05) is 0 Å². The minimum absolute atomic E-state index is 0.193. The minimum Gasteiger partial charge on any atom is -0.481 e. The highest BCUT2D eigenvalue weighted by Gasteiger charge is 2.21. The lowest BCUT2D eigenvalue weighted by atomic mass is 10.0. The molecule has 0 fully saturated rings. The van der Waals surface area contributed by atoms with Gasteiger partial charge in [0, 0.05) is 25.4 Å². The summed E-state index contributed by atoms with van der Waals surface area (Å²) in [5.74, 6) is 0.149. The molecule has 1 aromatic heterocycles. The molecular weight excluding hydrogens is 168 g/mol. The van der Waals surface area contributed by atoms with E-state index in [1.807, 2.05) is 10.8 Å². The lowest BCUT2D eigenvalue weighted by Crippen LogP contribution is -2.13. The molecule has 1 unspecified atom stereocenters. The number of fused-ring (bicyclic) bond motifs is 1. The summed E-state index contributed by atoms with van der Waals surface area (Å²) in [5, 5.41) is 8.85. The van der Waals surface area contributed by atoms with E-state index in [0.29, 0.717) is 6.42 Å². The van der Waals surface area contributed by atoms with Gasteiger partial charge in [0.25, 0.3) is 0 Å². The Morgan fingerprint density at radius 1 is 1.62 bits per heavy atom. The molecule has 0 radical (unpaired) electrons. The average molecular weight is 180 g/mol. The third-order valence-corrected chi connectivity index (χ3v) is 2.59. The van der Waals surface area contributed by atoms with Gasteiger partial charge in [-0.15, -0.1) is 0 Å². The van der Waals surface area contributed by atoms with Crippen LogP contribution in [0.25, 0.3) is 0 Å². The molecule has 0 amide bonds. The molecule has 0 saturated heterocycles. The Kier molecular flexibility index (Phi) is 2.04. The Hall–Kier alpha value is -1.32. The van der Waals surface area contributed by atoms with Crippen LogP contribution in [0.3, 0.4) is 0 Å². The summed E-state index contributed by atoms with van der Waals surface area (Å²) < 4.78 is 2.04. The number of aliphatic carboxylic acids is 1. The first-order valence-electron chi connectivity index (χ1n) is 4.50. The number of aromatic nitrogens is 2. The number of imidazole rings is 1. The largest absolute Gasteiger partial charge is 0.481 e. The van der Waals surface area contributed by atoms with E-state index in [0.717, 1.165) is 25.2 Å². The van der Waals surface area contributed by atoms with Gasteiger partial charge in [0.2, 0.25) is 0 Å². The van der Waals surface area contributed by atoms with Crippen LogP contribution in [0.15, 0.2) is 12.4 Å². The lowest BCUT2D eigenvalue weighted by molar-refractivity contribution is -0.142.